The molecule has 0 aromatic carbocycles. The summed E-state index contributed by atoms with van der Waals surface area (Å²) in [4.78, 5) is 10.4. The first-order valence-electron chi connectivity index (χ1n) is 3.01. The van der Waals surface area contributed by atoms with E-state index in [0.717, 1.165) is 0 Å². The summed E-state index contributed by atoms with van der Waals surface area (Å²) in [6, 6.07) is 0. The maximum absolute atomic E-state index is 10.4. The summed E-state index contributed by atoms with van der Waals surface area (Å²) in [6.07, 6.45) is 3.14. The molecule has 0 aliphatic rings. The van der Waals surface area contributed by atoms with Crippen molar-refractivity contribution < 1.29 is 4.79 Å². The molecule has 0 aromatic rings. The first-order valence-corrected chi connectivity index (χ1v) is 3.39. The zero-order chi connectivity index (χ0) is 8.85. The molecule has 0 spiro atoms. The highest BCUT2D eigenvalue weighted by Crippen LogP contribution is 1.99. The molecule has 0 fully saturated rings. The van der Waals surface area contributed by atoms with Gasteiger partial charge in [-0.3, -0.25) is 4.79 Å². The van der Waals surface area contributed by atoms with Crippen LogP contribution in [0.3, 0.4) is 0 Å². The standard InChI is InChI=1S/C8H10ClNO/c1-6(9)4-5-7(2)10-8(3)11/h4-5H,1-2H2,3H3,(H,10,11)/b5-4-. The second-order valence-electron chi connectivity index (χ2n) is 1.99. The molecule has 0 bridgehead atoms. The SMILES string of the molecule is C=C(Cl)/C=C\C(=C)NC(C)=O. The molecular weight excluding hydrogens is 162 g/mol. The van der Waals surface area contributed by atoms with Gasteiger partial charge in [-0.05, 0) is 12.2 Å². The molecule has 60 valence electrons. The zero-order valence-electron chi connectivity index (χ0n) is 6.36. The number of allylic oxidation sites excluding steroid dienone is 3. The van der Waals surface area contributed by atoms with Gasteiger partial charge in [0.1, 0.15) is 0 Å². The van der Waals surface area contributed by atoms with Crippen LogP contribution in [-0.4, -0.2) is 5.91 Å². The smallest absolute Gasteiger partial charge is 0.221 e. The zero-order valence-corrected chi connectivity index (χ0v) is 7.11. The Morgan fingerprint density at radius 2 is 2.00 bits per heavy atom. The Balaban J connectivity index is 3.88. The quantitative estimate of drug-likeness (QED) is 0.647. The summed E-state index contributed by atoms with van der Waals surface area (Å²) in [5.74, 6) is -0.153. The fourth-order valence-corrected chi connectivity index (χ4v) is 0.522. The third kappa shape index (κ3) is 6.87. The van der Waals surface area contributed by atoms with Gasteiger partial charge in [-0.1, -0.05) is 24.8 Å². The van der Waals surface area contributed by atoms with Crippen molar-refractivity contribution >= 4 is 17.5 Å². The molecule has 0 heterocycles. The van der Waals surface area contributed by atoms with Crippen molar-refractivity contribution in [2.45, 2.75) is 6.92 Å². The molecule has 2 nitrogen and oxygen atoms in total. The van der Waals surface area contributed by atoms with E-state index in [1.54, 1.807) is 12.2 Å². The van der Waals surface area contributed by atoms with Gasteiger partial charge in [-0.15, -0.1) is 0 Å². The van der Waals surface area contributed by atoms with Gasteiger partial charge in [0.25, 0.3) is 0 Å². The molecule has 0 unspecified atom stereocenters. The molecule has 3 heteroatoms. The monoisotopic (exact) mass is 171 g/mol. The van der Waals surface area contributed by atoms with Crippen molar-refractivity contribution in [2.24, 2.45) is 0 Å². The number of carbonyl (C=O) groups excluding carboxylic acids is 1. The summed E-state index contributed by atoms with van der Waals surface area (Å²) in [7, 11) is 0. The Morgan fingerprint density at radius 3 is 2.36 bits per heavy atom. The summed E-state index contributed by atoms with van der Waals surface area (Å²) in [5, 5.41) is 2.88. The number of hydrogen-bond donors (Lipinski definition) is 1. The molecule has 0 aliphatic carbocycles. The number of halogens is 1. The molecule has 1 amide bonds. The van der Waals surface area contributed by atoms with Crippen LogP contribution >= 0.6 is 11.6 Å². The predicted molar refractivity (Wildman–Crippen MR) is 47.1 cm³/mol. The van der Waals surface area contributed by atoms with Crippen LogP contribution in [-0.2, 0) is 4.79 Å². The van der Waals surface area contributed by atoms with E-state index < -0.39 is 0 Å². The van der Waals surface area contributed by atoms with Crippen molar-refractivity contribution in [3.63, 3.8) is 0 Å². The largest absolute Gasteiger partial charge is 0.327 e. The molecule has 0 saturated heterocycles. The molecule has 0 aromatic heterocycles. The first kappa shape index (κ1) is 9.98. The molecule has 0 atom stereocenters. The van der Waals surface area contributed by atoms with Crippen LogP contribution in [0.4, 0.5) is 0 Å². The second-order valence-corrected chi connectivity index (χ2v) is 2.47. The highest BCUT2D eigenvalue weighted by molar-refractivity contribution is 6.30. The van der Waals surface area contributed by atoms with Gasteiger partial charge < -0.3 is 5.32 Å². The van der Waals surface area contributed by atoms with E-state index in [-0.39, 0.29) is 5.91 Å². The molecule has 0 rings (SSSR count). The topological polar surface area (TPSA) is 29.1 Å². The minimum atomic E-state index is -0.153. The van der Waals surface area contributed by atoms with Crippen molar-refractivity contribution in [1.29, 1.82) is 0 Å². The summed E-state index contributed by atoms with van der Waals surface area (Å²) in [6.45, 7) is 8.39. The lowest BCUT2D eigenvalue weighted by atomic mass is 10.4. The Kier molecular flexibility index (Phi) is 4.30. The van der Waals surface area contributed by atoms with Crippen LogP contribution in [0, 0.1) is 0 Å². The average Bonchev–Trinajstić information content (AvgIpc) is 1.82. The lowest BCUT2D eigenvalue weighted by Gasteiger charge is -1.97. The molecule has 0 radical (unpaired) electrons. The maximum Gasteiger partial charge on any atom is 0.221 e. The second kappa shape index (κ2) is 4.74. The van der Waals surface area contributed by atoms with Crippen LogP contribution in [0.1, 0.15) is 6.92 Å². The van der Waals surface area contributed by atoms with E-state index in [4.69, 9.17) is 11.6 Å². The lowest BCUT2D eigenvalue weighted by molar-refractivity contribution is -0.118. The average molecular weight is 172 g/mol. The number of amides is 1. The molecule has 0 aliphatic heterocycles. The van der Waals surface area contributed by atoms with E-state index in [2.05, 4.69) is 18.5 Å². The summed E-state index contributed by atoms with van der Waals surface area (Å²) < 4.78 is 0. The fourth-order valence-electron chi connectivity index (χ4n) is 0.459. The number of carbonyl (C=O) groups is 1. The van der Waals surface area contributed by atoms with Crippen molar-refractivity contribution in [3.8, 4) is 0 Å². The summed E-state index contributed by atoms with van der Waals surface area (Å²) in [5.41, 5.74) is 0.499. The first-order chi connectivity index (χ1) is 5.02. The van der Waals surface area contributed by atoms with Crippen LogP contribution in [0.15, 0.2) is 36.0 Å². The third-order valence-electron chi connectivity index (χ3n) is 0.802. The number of hydrogen-bond acceptors (Lipinski definition) is 1. The van der Waals surface area contributed by atoms with E-state index in [1.165, 1.54) is 6.92 Å². The highest BCUT2D eigenvalue weighted by Gasteiger charge is 1.89. The van der Waals surface area contributed by atoms with Gasteiger partial charge in [0.05, 0.1) is 0 Å². The summed E-state index contributed by atoms with van der Waals surface area (Å²) >= 11 is 5.42. The lowest BCUT2D eigenvalue weighted by Crippen LogP contribution is -2.16. The van der Waals surface area contributed by atoms with Crippen molar-refractivity contribution in [1.82, 2.24) is 5.32 Å². The van der Waals surface area contributed by atoms with E-state index in [9.17, 15) is 4.79 Å². The minimum Gasteiger partial charge on any atom is -0.327 e. The Bertz CT molecular complexity index is 218. The van der Waals surface area contributed by atoms with Crippen LogP contribution < -0.4 is 5.32 Å². The highest BCUT2D eigenvalue weighted by atomic mass is 35.5. The number of nitrogens with one attached hydrogen (secondary N) is 1. The van der Waals surface area contributed by atoms with Gasteiger partial charge in [0.2, 0.25) is 5.91 Å². The van der Waals surface area contributed by atoms with Crippen molar-refractivity contribution in [3.05, 3.63) is 36.0 Å². The third-order valence-corrected chi connectivity index (χ3v) is 0.928. The van der Waals surface area contributed by atoms with E-state index >= 15 is 0 Å². The Morgan fingerprint density at radius 1 is 1.45 bits per heavy atom. The normalized spacial score (nSPS) is 9.64. The Hall–Kier alpha value is -1.02. The molecule has 1 N–H and O–H groups in total. The molecular formula is C8H10ClNO. The van der Waals surface area contributed by atoms with Gasteiger partial charge in [0, 0.05) is 17.7 Å². The minimum absolute atomic E-state index is 0.153. The van der Waals surface area contributed by atoms with E-state index in [1.807, 2.05) is 0 Å². The van der Waals surface area contributed by atoms with Gasteiger partial charge in [0.15, 0.2) is 0 Å². The van der Waals surface area contributed by atoms with Crippen LogP contribution in [0.25, 0.3) is 0 Å². The van der Waals surface area contributed by atoms with Gasteiger partial charge >= 0.3 is 0 Å². The van der Waals surface area contributed by atoms with Crippen LogP contribution in [0.5, 0.6) is 0 Å². The maximum atomic E-state index is 10.4. The van der Waals surface area contributed by atoms with Crippen molar-refractivity contribution in [2.75, 3.05) is 0 Å². The fraction of sp³-hybridized carbons (Fsp3) is 0.125. The van der Waals surface area contributed by atoms with Gasteiger partial charge in [-0.2, -0.15) is 0 Å². The molecule has 11 heavy (non-hydrogen) atoms. The molecule has 0 saturated carbocycles. The Labute approximate surface area is 71.2 Å². The number of rotatable bonds is 3. The van der Waals surface area contributed by atoms with E-state index in [0.29, 0.717) is 10.7 Å². The van der Waals surface area contributed by atoms with Crippen LogP contribution in [0.2, 0.25) is 0 Å². The predicted octanol–water partition coefficient (Wildman–Crippen LogP) is 1.94. The van der Waals surface area contributed by atoms with Gasteiger partial charge in [-0.25, -0.2) is 0 Å².